The Morgan fingerprint density at radius 3 is 2.07 bits per heavy atom. The first-order valence-electron chi connectivity index (χ1n) is 4.72. The molecule has 0 aromatic heterocycles. The van der Waals surface area contributed by atoms with Gasteiger partial charge in [-0.05, 0) is 12.1 Å². The molecule has 0 bridgehead atoms. The summed E-state index contributed by atoms with van der Waals surface area (Å²) in [6.07, 6.45) is 0. The van der Waals surface area contributed by atoms with E-state index in [1.165, 1.54) is 0 Å². The zero-order valence-electron chi connectivity index (χ0n) is 9.16. The van der Waals surface area contributed by atoms with Gasteiger partial charge >= 0.3 is 31.6 Å². The summed E-state index contributed by atoms with van der Waals surface area (Å²) in [5.74, 6) is 7.80. The van der Waals surface area contributed by atoms with E-state index in [0.29, 0.717) is 6.61 Å². The minimum absolute atomic E-state index is 0.0644. The van der Waals surface area contributed by atoms with E-state index in [1.54, 1.807) is 0 Å². The van der Waals surface area contributed by atoms with Crippen LogP contribution in [0.4, 0.5) is 0 Å². The fourth-order valence-electron chi connectivity index (χ4n) is 0.680. The Morgan fingerprint density at radius 1 is 1.14 bits per heavy atom. The van der Waals surface area contributed by atoms with Crippen molar-refractivity contribution in [1.29, 1.82) is 0 Å². The second-order valence-corrected chi connectivity index (χ2v) is 9.68. The Morgan fingerprint density at radius 2 is 1.64 bits per heavy atom. The number of aliphatic hydroxyl groups is 1. The Balaban J connectivity index is 0.000000364. The molecule has 0 atom stereocenters. The molecule has 14 heavy (non-hydrogen) atoms. The van der Waals surface area contributed by atoms with Crippen molar-refractivity contribution in [2.24, 2.45) is 0 Å². The summed E-state index contributed by atoms with van der Waals surface area (Å²) in [6.45, 7) is 0.429. The average Bonchev–Trinajstić information content (AvgIpc) is 2.15. The quantitative estimate of drug-likeness (QED) is 0.841. The van der Waals surface area contributed by atoms with E-state index in [2.05, 4.69) is 17.3 Å². The molecule has 1 radical (unpaired) electrons. The SMILES string of the molecule is OCCOc1ccccc1.[CH3][Ge]([CH3])[CH3]. The molecule has 0 unspecified atom stereocenters. The molecule has 0 spiro atoms. The zero-order chi connectivity index (χ0) is 10.8. The molecule has 0 aliphatic carbocycles. The van der Waals surface area contributed by atoms with E-state index < -0.39 is 0 Å². The maximum absolute atomic E-state index is 8.40. The van der Waals surface area contributed by atoms with Crippen LogP contribution in [0.2, 0.25) is 17.3 Å². The van der Waals surface area contributed by atoms with Crippen molar-refractivity contribution in [2.75, 3.05) is 13.2 Å². The van der Waals surface area contributed by atoms with Crippen LogP contribution in [-0.2, 0) is 0 Å². The fourth-order valence-corrected chi connectivity index (χ4v) is 0.680. The molecule has 0 saturated carbocycles. The number of hydrogen-bond acceptors (Lipinski definition) is 2. The second kappa shape index (κ2) is 9.09. The summed E-state index contributed by atoms with van der Waals surface area (Å²) < 4.78 is 5.11. The second-order valence-electron chi connectivity index (χ2n) is 3.39. The van der Waals surface area contributed by atoms with E-state index in [1.807, 2.05) is 30.3 Å². The predicted molar refractivity (Wildman–Crippen MR) is 62.4 cm³/mol. The third-order valence-corrected chi connectivity index (χ3v) is 1.10. The number of aliphatic hydroxyl groups excluding tert-OH is 1. The normalized spacial score (nSPS) is 9.21. The molecule has 0 aliphatic rings. The molecule has 1 N–H and O–H groups in total. The summed E-state index contributed by atoms with van der Waals surface area (Å²) in [5, 5.41) is 8.40. The molecule has 1 aromatic carbocycles. The predicted octanol–water partition coefficient (Wildman–Crippen LogP) is 2.43. The van der Waals surface area contributed by atoms with Gasteiger partial charge in [0.1, 0.15) is 12.4 Å². The maximum atomic E-state index is 8.40. The van der Waals surface area contributed by atoms with Crippen molar-refractivity contribution in [3.8, 4) is 5.75 Å². The Labute approximate surface area is 91.0 Å². The first kappa shape index (κ1) is 13.5. The molecule has 0 heterocycles. The van der Waals surface area contributed by atoms with Gasteiger partial charge in [-0.2, -0.15) is 0 Å². The van der Waals surface area contributed by atoms with Gasteiger partial charge in [0.05, 0.1) is 6.61 Å². The van der Waals surface area contributed by atoms with Crippen molar-refractivity contribution in [3.05, 3.63) is 30.3 Å². The summed E-state index contributed by atoms with van der Waals surface area (Å²) in [7, 11) is 0. The van der Waals surface area contributed by atoms with Gasteiger partial charge in [-0.25, -0.2) is 0 Å². The van der Waals surface area contributed by atoms with Crippen LogP contribution in [0.5, 0.6) is 5.75 Å². The standard InChI is InChI=1S/C8H10O2.C3H9Ge/c9-6-7-10-8-4-2-1-3-5-8;1-4(2)3/h1-5,9H,6-7H2;1-3H3. The van der Waals surface area contributed by atoms with Gasteiger partial charge in [0.2, 0.25) is 0 Å². The van der Waals surface area contributed by atoms with Gasteiger partial charge in [-0.15, -0.1) is 0 Å². The zero-order valence-corrected chi connectivity index (χ0v) is 11.3. The van der Waals surface area contributed by atoms with Crippen molar-refractivity contribution in [1.82, 2.24) is 0 Å². The number of ether oxygens (including phenoxy) is 1. The van der Waals surface area contributed by atoms with E-state index in [0.717, 1.165) is 5.75 Å². The number of hydrogen-bond donors (Lipinski definition) is 1. The molecule has 0 aliphatic heterocycles. The molecule has 3 heteroatoms. The van der Waals surface area contributed by atoms with Crippen LogP contribution in [-0.4, -0.2) is 32.7 Å². The summed E-state index contributed by atoms with van der Waals surface area (Å²) in [6, 6.07) is 9.43. The van der Waals surface area contributed by atoms with Crippen LogP contribution in [0, 0.1) is 0 Å². The Bertz CT molecular complexity index is 209. The topological polar surface area (TPSA) is 29.5 Å². The van der Waals surface area contributed by atoms with E-state index in [4.69, 9.17) is 9.84 Å². The van der Waals surface area contributed by atoms with Gasteiger partial charge in [0.25, 0.3) is 0 Å². The Kier molecular flexibility index (Phi) is 8.78. The molecular formula is C11H19GeO2. The fraction of sp³-hybridized carbons (Fsp3) is 0.455. The molecule has 1 aromatic rings. The molecular weight excluding hydrogens is 237 g/mol. The minimum atomic E-state index is -0.333. The van der Waals surface area contributed by atoms with Crippen LogP contribution >= 0.6 is 0 Å². The van der Waals surface area contributed by atoms with Crippen molar-refractivity contribution >= 4 is 14.3 Å². The molecule has 1 rings (SSSR count). The molecule has 0 saturated heterocycles. The van der Waals surface area contributed by atoms with Crippen molar-refractivity contribution in [3.63, 3.8) is 0 Å². The van der Waals surface area contributed by atoms with Crippen molar-refractivity contribution < 1.29 is 9.84 Å². The van der Waals surface area contributed by atoms with Crippen LogP contribution in [0.15, 0.2) is 30.3 Å². The van der Waals surface area contributed by atoms with Gasteiger partial charge < -0.3 is 9.84 Å². The molecule has 0 amide bonds. The van der Waals surface area contributed by atoms with Crippen LogP contribution in [0.25, 0.3) is 0 Å². The first-order chi connectivity index (χ1) is 6.66. The van der Waals surface area contributed by atoms with Gasteiger partial charge in [0, 0.05) is 0 Å². The first-order valence-corrected chi connectivity index (χ1v) is 11.0. The summed E-state index contributed by atoms with van der Waals surface area (Å²) in [4.78, 5) is 0. The summed E-state index contributed by atoms with van der Waals surface area (Å²) in [5.41, 5.74) is 0. The van der Waals surface area contributed by atoms with E-state index >= 15 is 0 Å². The number of benzene rings is 1. The van der Waals surface area contributed by atoms with Gasteiger partial charge in [-0.3, -0.25) is 0 Å². The number of rotatable bonds is 3. The molecule has 0 fully saturated rings. The van der Waals surface area contributed by atoms with Crippen LogP contribution in [0.3, 0.4) is 0 Å². The molecule has 79 valence electrons. The summed E-state index contributed by atoms with van der Waals surface area (Å²) >= 11 is -0.333. The third kappa shape index (κ3) is 9.61. The average molecular weight is 256 g/mol. The van der Waals surface area contributed by atoms with Gasteiger partial charge in [-0.1, -0.05) is 18.2 Å². The van der Waals surface area contributed by atoms with Gasteiger partial charge in [0.15, 0.2) is 0 Å². The Hall–Kier alpha value is -0.477. The molecule has 2 nitrogen and oxygen atoms in total. The van der Waals surface area contributed by atoms with E-state index in [-0.39, 0.29) is 21.0 Å². The van der Waals surface area contributed by atoms with Crippen LogP contribution < -0.4 is 4.74 Å². The van der Waals surface area contributed by atoms with Crippen LogP contribution in [0.1, 0.15) is 0 Å². The monoisotopic (exact) mass is 257 g/mol. The number of para-hydroxylation sites is 1. The van der Waals surface area contributed by atoms with E-state index in [9.17, 15) is 0 Å². The third-order valence-electron chi connectivity index (χ3n) is 1.10. The van der Waals surface area contributed by atoms with Crippen molar-refractivity contribution in [2.45, 2.75) is 17.3 Å².